The Morgan fingerprint density at radius 2 is 1.84 bits per heavy atom. The number of fused-ring (bicyclic) bond motifs is 3. The average Bonchev–Trinajstić information content (AvgIpc) is 3.37. The predicted molar refractivity (Wildman–Crippen MR) is 115 cm³/mol. The van der Waals surface area contributed by atoms with Gasteiger partial charge in [-0.1, -0.05) is 12.1 Å². The molecule has 160 valence electrons. The maximum Gasteiger partial charge on any atom is 0.249 e. The molecule has 2 aliphatic heterocycles. The fourth-order valence-corrected chi connectivity index (χ4v) is 5.69. The Morgan fingerprint density at radius 3 is 2.61 bits per heavy atom. The van der Waals surface area contributed by atoms with E-state index < -0.39 is 6.04 Å². The lowest BCUT2D eigenvalue weighted by Gasteiger charge is -2.35. The maximum atomic E-state index is 12.7. The number of carbonyl (C=O) groups is 2. The fraction of sp³-hybridized carbons (Fsp3) is 0.458. The van der Waals surface area contributed by atoms with E-state index in [0.717, 1.165) is 42.2 Å². The van der Waals surface area contributed by atoms with Crippen molar-refractivity contribution in [3.63, 3.8) is 0 Å². The van der Waals surface area contributed by atoms with Crippen LogP contribution in [0.3, 0.4) is 0 Å². The summed E-state index contributed by atoms with van der Waals surface area (Å²) in [6.07, 6.45) is 6.41. The Labute approximate surface area is 179 Å². The number of nitrogens with one attached hydrogen (secondary N) is 1. The second-order valence-electron chi connectivity index (χ2n) is 8.83. The van der Waals surface area contributed by atoms with Crippen LogP contribution in [-0.4, -0.2) is 40.4 Å². The van der Waals surface area contributed by atoms with Gasteiger partial charge in [-0.25, -0.2) is 4.98 Å². The molecule has 0 radical (unpaired) electrons. The monoisotopic (exact) mass is 419 g/mol. The van der Waals surface area contributed by atoms with Gasteiger partial charge in [-0.3, -0.25) is 14.9 Å². The van der Waals surface area contributed by atoms with Crippen LogP contribution in [0.25, 0.3) is 21.9 Å². The van der Waals surface area contributed by atoms with Gasteiger partial charge in [0.05, 0.1) is 18.7 Å². The van der Waals surface area contributed by atoms with Crippen LogP contribution in [0, 0.1) is 0 Å². The number of benzene rings is 1. The summed E-state index contributed by atoms with van der Waals surface area (Å²) in [6.45, 7) is 1.37. The molecule has 1 aliphatic carbocycles. The van der Waals surface area contributed by atoms with Crippen molar-refractivity contribution < 1.29 is 19.1 Å². The van der Waals surface area contributed by atoms with Gasteiger partial charge in [0.15, 0.2) is 5.79 Å². The molecule has 0 bridgehead atoms. The van der Waals surface area contributed by atoms with E-state index in [9.17, 15) is 9.59 Å². The molecule has 2 aromatic heterocycles. The van der Waals surface area contributed by atoms with Crippen LogP contribution >= 0.6 is 0 Å². The van der Waals surface area contributed by atoms with Gasteiger partial charge < -0.3 is 14.0 Å². The first-order valence-corrected chi connectivity index (χ1v) is 11.1. The highest BCUT2D eigenvalue weighted by molar-refractivity contribution is 6.10. The van der Waals surface area contributed by atoms with E-state index in [1.54, 1.807) is 6.20 Å². The molecular formula is C24H25N3O4. The van der Waals surface area contributed by atoms with Crippen molar-refractivity contribution in [3.8, 4) is 0 Å². The predicted octanol–water partition coefficient (Wildman–Crippen LogP) is 3.57. The number of imide groups is 1. The van der Waals surface area contributed by atoms with Crippen LogP contribution in [0.15, 0.2) is 36.5 Å². The first-order valence-electron chi connectivity index (χ1n) is 11.1. The summed E-state index contributed by atoms with van der Waals surface area (Å²) in [5.41, 5.74) is 3.11. The van der Waals surface area contributed by atoms with Crippen LogP contribution in [-0.2, 0) is 19.1 Å². The number of aromatic nitrogens is 2. The molecule has 2 saturated heterocycles. The smallest absolute Gasteiger partial charge is 0.249 e. The van der Waals surface area contributed by atoms with Gasteiger partial charge in [0, 0.05) is 36.2 Å². The minimum absolute atomic E-state index is 0.205. The molecule has 31 heavy (non-hydrogen) atoms. The van der Waals surface area contributed by atoms with Crippen LogP contribution in [0.2, 0.25) is 0 Å². The highest BCUT2D eigenvalue weighted by Crippen LogP contribution is 2.45. The summed E-state index contributed by atoms with van der Waals surface area (Å²) in [4.78, 5) is 29.1. The van der Waals surface area contributed by atoms with E-state index in [1.807, 2.05) is 10.6 Å². The maximum absolute atomic E-state index is 12.7. The Kier molecular flexibility index (Phi) is 4.36. The molecule has 4 heterocycles. The van der Waals surface area contributed by atoms with Gasteiger partial charge >= 0.3 is 0 Å². The van der Waals surface area contributed by atoms with E-state index in [2.05, 4.69) is 34.6 Å². The van der Waals surface area contributed by atoms with Crippen molar-refractivity contribution in [2.75, 3.05) is 13.2 Å². The van der Waals surface area contributed by atoms with Gasteiger partial charge in [-0.05, 0) is 48.9 Å². The summed E-state index contributed by atoms with van der Waals surface area (Å²) in [5.74, 6) is -0.431. The largest absolute Gasteiger partial charge is 0.348 e. The third-order valence-electron chi connectivity index (χ3n) is 7.14. The quantitative estimate of drug-likeness (QED) is 0.642. The zero-order valence-electron chi connectivity index (χ0n) is 17.3. The molecule has 1 spiro atoms. The van der Waals surface area contributed by atoms with Crippen molar-refractivity contribution in [2.24, 2.45) is 0 Å². The zero-order chi connectivity index (χ0) is 21.0. The summed E-state index contributed by atoms with van der Waals surface area (Å²) >= 11 is 0. The minimum atomic E-state index is -0.433. The van der Waals surface area contributed by atoms with E-state index in [1.165, 1.54) is 10.9 Å². The third-order valence-corrected chi connectivity index (χ3v) is 7.14. The lowest BCUT2D eigenvalue weighted by molar-refractivity contribution is -0.178. The zero-order valence-corrected chi connectivity index (χ0v) is 17.3. The fourth-order valence-electron chi connectivity index (χ4n) is 5.69. The summed E-state index contributed by atoms with van der Waals surface area (Å²) in [6, 6.07) is 9.96. The third kappa shape index (κ3) is 2.98. The van der Waals surface area contributed by atoms with Crippen LogP contribution in [0.1, 0.15) is 56.0 Å². The highest BCUT2D eigenvalue weighted by Gasteiger charge is 2.41. The second-order valence-corrected chi connectivity index (χ2v) is 8.83. The van der Waals surface area contributed by atoms with Crippen LogP contribution < -0.4 is 5.32 Å². The summed E-state index contributed by atoms with van der Waals surface area (Å²) < 4.78 is 13.9. The first-order chi connectivity index (χ1) is 15.2. The molecular weight excluding hydrogens is 394 g/mol. The van der Waals surface area contributed by atoms with Crippen molar-refractivity contribution >= 4 is 33.8 Å². The number of pyridine rings is 1. The van der Waals surface area contributed by atoms with Gasteiger partial charge in [0.1, 0.15) is 11.7 Å². The standard InChI is InChI=1S/C24H25N3O4/c28-20-7-6-19(23(29)26-20)27-18-5-1-3-16(21(18)17-4-2-12-25-22(17)27)15-8-10-24(11-9-15)30-13-14-31-24/h1-5,12,15,19H,6-11,13-14H2,(H,26,28,29). The lowest BCUT2D eigenvalue weighted by atomic mass is 9.79. The number of piperidine rings is 1. The molecule has 3 fully saturated rings. The van der Waals surface area contributed by atoms with E-state index >= 15 is 0 Å². The van der Waals surface area contributed by atoms with Gasteiger partial charge in [0.25, 0.3) is 0 Å². The molecule has 6 rings (SSSR count). The number of ether oxygens (including phenoxy) is 2. The lowest BCUT2D eigenvalue weighted by Crippen LogP contribution is -2.41. The SMILES string of the molecule is O=C1CCC(n2c3cccc(C4CCC5(CC4)OCCO5)c3c3cccnc32)C(=O)N1. The number of nitrogens with zero attached hydrogens (tertiary/aromatic N) is 2. The number of hydrogen-bond donors (Lipinski definition) is 1. The Balaban J connectivity index is 1.46. The number of amides is 2. The number of hydrogen-bond acceptors (Lipinski definition) is 5. The first kappa shape index (κ1) is 19.0. The molecule has 3 aliphatic rings. The minimum Gasteiger partial charge on any atom is -0.348 e. The second kappa shape index (κ2) is 7.14. The van der Waals surface area contributed by atoms with Gasteiger partial charge in [-0.2, -0.15) is 0 Å². The Hall–Kier alpha value is -2.77. The van der Waals surface area contributed by atoms with Crippen LogP contribution in [0.5, 0.6) is 0 Å². The number of rotatable bonds is 2. The van der Waals surface area contributed by atoms with Crippen molar-refractivity contribution in [2.45, 2.75) is 56.3 Å². The van der Waals surface area contributed by atoms with Gasteiger partial charge in [0.2, 0.25) is 11.8 Å². The molecule has 1 unspecified atom stereocenters. The molecule has 1 saturated carbocycles. The van der Waals surface area contributed by atoms with Crippen molar-refractivity contribution in [1.82, 2.24) is 14.9 Å². The van der Waals surface area contributed by atoms with Crippen molar-refractivity contribution in [3.05, 3.63) is 42.1 Å². The number of carbonyl (C=O) groups excluding carboxylic acids is 2. The highest BCUT2D eigenvalue weighted by atomic mass is 16.7. The summed E-state index contributed by atoms with van der Waals surface area (Å²) in [7, 11) is 0. The molecule has 2 amide bonds. The topological polar surface area (TPSA) is 82.5 Å². The van der Waals surface area contributed by atoms with E-state index in [0.29, 0.717) is 32.0 Å². The van der Waals surface area contributed by atoms with Gasteiger partial charge in [-0.15, -0.1) is 0 Å². The Bertz CT molecular complexity index is 1180. The van der Waals surface area contributed by atoms with E-state index in [-0.39, 0.29) is 17.6 Å². The molecule has 3 aromatic rings. The molecule has 7 heteroatoms. The van der Waals surface area contributed by atoms with Crippen molar-refractivity contribution in [1.29, 1.82) is 0 Å². The van der Waals surface area contributed by atoms with E-state index in [4.69, 9.17) is 9.47 Å². The normalized spacial score (nSPS) is 24.3. The summed E-state index contributed by atoms with van der Waals surface area (Å²) in [5, 5.41) is 4.73. The van der Waals surface area contributed by atoms with Crippen LogP contribution in [0.4, 0.5) is 0 Å². The molecule has 1 atom stereocenters. The molecule has 1 aromatic carbocycles. The Morgan fingerprint density at radius 1 is 1.03 bits per heavy atom. The molecule has 7 nitrogen and oxygen atoms in total. The average molecular weight is 419 g/mol. The molecule has 1 N–H and O–H groups in total.